The third-order valence-electron chi connectivity index (χ3n) is 5.45. The molecule has 5 rings (SSSR count). The zero-order chi connectivity index (χ0) is 23.7. The molecule has 0 aliphatic heterocycles. The minimum Gasteiger partial charge on any atom is -0.364 e. The predicted molar refractivity (Wildman–Crippen MR) is 135 cm³/mol. The van der Waals surface area contributed by atoms with E-state index in [0.29, 0.717) is 23.4 Å². The summed E-state index contributed by atoms with van der Waals surface area (Å²) < 4.78 is 4.53. The Bertz CT molecular complexity index is 1500. The summed E-state index contributed by atoms with van der Waals surface area (Å²) in [5.74, 6) is 1.25. The molecule has 4 heterocycles. The molecule has 0 unspecified atom stereocenters. The fraction of sp³-hybridized carbons (Fsp3) is 0.120. The van der Waals surface area contributed by atoms with E-state index in [1.54, 1.807) is 17.8 Å². The van der Waals surface area contributed by atoms with Gasteiger partial charge in [-0.05, 0) is 48.9 Å². The van der Waals surface area contributed by atoms with E-state index >= 15 is 0 Å². The van der Waals surface area contributed by atoms with E-state index < -0.39 is 0 Å². The Kier molecular flexibility index (Phi) is 5.85. The van der Waals surface area contributed by atoms with Crippen LogP contribution in [0.4, 0.5) is 5.82 Å². The van der Waals surface area contributed by atoms with Gasteiger partial charge < -0.3 is 10.6 Å². The number of aromatic nitrogens is 5. The molecule has 0 spiro atoms. The molecule has 5 aromatic rings. The molecule has 0 fully saturated rings. The predicted octanol–water partition coefficient (Wildman–Crippen LogP) is 4.62. The number of pyridine rings is 2. The largest absolute Gasteiger partial charge is 0.364 e. The van der Waals surface area contributed by atoms with E-state index in [9.17, 15) is 4.79 Å². The Labute approximate surface area is 204 Å². The van der Waals surface area contributed by atoms with Gasteiger partial charge in [-0.25, -0.2) is 14.2 Å². The fourth-order valence-electron chi connectivity index (χ4n) is 3.78. The van der Waals surface area contributed by atoms with Gasteiger partial charge in [0.05, 0.1) is 23.0 Å². The molecule has 4 aromatic heterocycles. The Hall–Kier alpha value is -3.98. The summed E-state index contributed by atoms with van der Waals surface area (Å²) in [5.41, 5.74) is 5.00. The normalized spacial score (nSPS) is 11.0. The number of nitrogens with zero attached hydrogens (tertiary/aromatic N) is 5. The van der Waals surface area contributed by atoms with Crippen molar-refractivity contribution in [3.05, 3.63) is 94.4 Å². The van der Waals surface area contributed by atoms with Crippen molar-refractivity contribution >= 4 is 33.2 Å². The van der Waals surface area contributed by atoms with Crippen LogP contribution >= 0.6 is 15.9 Å². The standard InChI is InChI=1S/C25H22BrN7O/c1-16-5-3-8-24(30-16)33-21(13-23(31-33)28-14-17-6-4-7-19(26)11-17)18-9-10-32-22(12-18)20(15-29-32)25(34)27-2/h3-13,15H,14H2,1-2H3,(H,27,34)(H,28,31). The van der Waals surface area contributed by atoms with Crippen molar-refractivity contribution < 1.29 is 4.79 Å². The molecule has 1 amide bonds. The van der Waals surface area contributed by atoms with E-state index in [1.165, 1.54) is 0 Å². The maximum atomic E-state index is 12.3. The number of rotatable bonds is 6. The molecule has 0 atom stereocenters. The number of fused-ring (bicyclic) bond motifs is 1. The fourth-order valence-corrected chi connectivity index (χ4v) is 4.23. The summed E-state index contributed by atoms with van der Waals surface area (Å²) in [6, 6.07) is 19.9. The van der Waals surface area contributed by atoms with E-state index in [-0.39, 0.29) is 5.91 Å². The Morgan fingerprint density at radius 1 is 1.09 bits per heavy atom. The molecule has 34 heavy (non-hydrogen) atoms. The highest BCUT2D eigenvalue weighted by molar-refractivity contribution is 9.10. The Morgan fingerprint density at radius 3 is 2.74 bits per heavy atom. The van der Waals surface area contributed by atoms with Gasteiger partial charge in [-0.15, -0.1) is 5.10 Å². The van der Waals surface area contributed by atoms with Crippen molar-refractivity contribution in [1.82, 2.24) is 29.7 Å². The number of aryl methyl sites for hydroxylation is 1. The van der Waals surface area contributed by atoms with Gasteiger partial charge in [0.1, 0.15) is 5.82 Å². The summed E-state index contributed by atoms with van der Waals surface area (Å²) in [6.45, 7) is 2.58. The number of carbonyl (C=O) groups excluding carboxylic acids is 1. The molecule has 1 aromatic carbocycles. The van der Waals surface area contributed by atoms with Crippen molar-refractivity contribution in [2.75, 3.05) is 12.4 Å². The van der Waals surface area contributed by atoms with Crippen molar-refractivity contribution in [1.29, 1.82) is 0 Å². The number of benzene rings is 1. The number of amides is 1. The second-order valence-electron chi connectivity index (χ2n) is 7.83. The van der Waals surface area contributed by atoms with Gasteiger partial charge in [0.2, 0.25) is 0 Å². The van der Waals surface area contributed by atoms with Gasteiger partial charge in [-0.3, -0.25) is 4.79 Å². The van der Waals surface area contributed by atoms with Crippen LogP contribution in [-0.4, -0.2) is 37.3 Å². The average Bonchev–Trinajstić information content (AvgIpc) is 3.46. The van der Waals surface area contributed by atoms with Gasteiger partial charge >= 0.3 is 0 Å². The van der Waals surface area contributed by atoms with Crippen LogP contribution in [0.5, 0.6) is 0 Å². The van der Waals surface area contributed by atoms with E-state index in [0.717, 1.165) is 32.8 Å². The second-order valence-corrected chi connectivity index (χ2v) is 8.75. The molecule has 0 saturated heterocycles. The van der Waals surface area contributed by atoms with Crippen LogP contribution in [0.2, 0.25) is 0 Å². The van der Waals surface area contributed by atoms with Gasteiger partial charge in [0, 0.05) is 41.6 Å². The smallest absolute Gasteiger partial charge is 0.254 e. The highest BCUT2D eigenvalue weighted by atomic mass is 79.9. The van der Waals surface area contributed by atoms with E-state index in [1.807, 2.05) is 66.3 Å². The average molecular weight is 516 g/mol. The van der Waals surface area contributed by atoms with E-state index in [2.05, 4.69) is 48.8 Å². The molecule has 0 saturated carbocycles. The SMILES string of the molecule is CNC(=O)c1cnn2ccc(-c3cc(NCc4cccc(Br)c4)nn3-c3cccc(C)n3)cc12. The van der Waals surface area contributed by atoms with Crippen LogP contribution in [0.3, 0.4) is 0 Å². The lowest BCUT2D eigenvalue weighted by molar-refractivity contribution is 0.0964. The Balaban J connectivity index is 1.58. The number of hydrogen-bond donors (Lipinski definition) is 2. The number of anilines is 1. The quantitative estimate of drug-likeness (QED) is 0.344. The van der Waals surface area contributed by atoms with Gasteiger partial charge in [0.25, 0.3) is 5.91 Å². The number of hydrogen-bond acceptors (Lipinski definition) is 5. The summed E-state index contributed by atoms with van der Waals surface area (Å²) in [5, 5.41) is 15.2. The molecule has 2 N–H and O–H groups in total. The topological polar surface area (TPSA) is 89.1 Å². The highest BCUT2D eigenvalue weighted by Crippen LogP contribution is 2.28. The van der Waals surface area contributed by atoms with Gasteiger partial charge in [-0.2, -0.15) is 5.10 Å². The minimum absolute atomic E-state index is 0.183. The molecule has 0 bridgehead atoms. The highest BCUT2D eigenvalue weighted by Gasteiger charge is 2.16. The maximum Gasteiger partial charge on any atom is 0.254 e. The number of carbonyl (C=O) groups is 1. The van der Waals surface area contributed by atoms with Crippen molar-refractivity contribution in [2.24, 2.45) is 0 Å². The van der Waals surface area contributed by atoms with Crippen LogP contribution in [0, 0.1) is 6.92 Å². The third kappa shape index (κ3) is 4.29. The van der Waals surface area contributed by atoms with Crippen LogP contribution in [0.15, 0.2) is 77.5 Å². The zero-order valence-corrected chi connectivity index (χ0v) is 20.2. The molecular formula is C25H22BrN7O. The first-order valence-corrected chi connectivity index (χ1v) is 11.5. The maximum absolute atomic E-state index is 12.3. The lowest BCUT2D eigenvalue weighted by Crippen LogP contribution is -2.17. The van der Waals surface area contributed by atoms with Crippen LogP contribution in [-0.2, 0) is 6.54 Å². The van der Waals surface area contributed by atoms with Crippen molar-refractivity contribution in [2.45, 2.75) is 13.5 Å². The Morgan fingerprint density at radius 2 is 1.94 bits per heavy atom. The first-order chi connectivity index (χ1) is 16.5. The van der Waals surface area contributed by atoms with E-state index in [4.69, 9.17) is 5.10 Å². The number of halogens is 1. The molecular weight excluding hydrogens is 494 g/mol. The van der Waals surface area contributed by atoms with Crippen molar-refractivity contribution in [3.63, 3.8) is 0 Å². The van der Waals surface area contributed by atoms with Gasteiger partial charge in [0.15, 0.2) is 5.82 Å². The molecule has 0 aliphatic rings. The van der Waals surface area contributed by atoms with Crippen LogP contribution in [0.1, 0.15) is 21.6 Å². The first-order valence-electron chi connectivity index (χ1n) is 10.7. The summed E-state index contributed by atoms with van der Waals surface area (Å²) in [4.78, 5) is 17.0. The van der Waals surface area contributed by atoms with Crippen molar-refractivity contribution in [3.8, 4) is 17.1 Å². The molecule has 170 valence electrons. The second kappa shape index (κ2) is 9.11. The zero-order valence-electron chi connectivity index (χ0n) is 18.7. The van der Waals surface area contributed by atoms with Gasteiger partial charge in [-0.1, -0.05) is 34.1 Å². The summed E-state index contributed by atoms with van der Waals surface area (Å²) in [7, 11) is 1.61. The molecule has 0 radical (unpaired) electrons. The van der Waals surface area contributed by atoms with Crippen LogP contribution < -0.4 is 10.6 Å². The van der Waals surface area contributed by atoms with Crippen LogP contribution in [0.25, 0.3) is 22.6 Å². The monoisotopic (exact) mass is 515 g/mol. The summed E-state index contributed by atoms with van der Waals surface area (Å²) in [6.07, 6.45) is 3.41. The minimum atomic E-state index is -0.183. The third-order valence-corrected chi connectivity index (χ3v) is 5.94. The molecule has 0 aliphatic carbocycles. The summed E-state index contributed by atoms with van der Waals surface area (Å²) >= 11 is 3.52. The lowest BCUT2D eigenvalue weighted by Gasteiger charge is -2.08. The molecule has 9 heteroatoms. The molecule has 8 nitrogen and oxygen atoms in total. The number of nitrogens with one attached hydrogen (secondary N) is 2. The first kappa shape index (κ1) is 21.8. The lowest BCUT2D eigenvalue weighted by atomic mass is 10.1.